The van der Waals surface area contributed by atoms with Crippen molar-refractivity contribution >= 4 is 5.84 Å². The van der Waals surface area contributed by atoms with E-state index in [4.69, 9.17) is 10.1 Å². The quantitative estimate of drug-likeness (QED) is 0.870. The molecule has 1 heterocycles. The summed E-state index contributed by atoms with van der Waals surface area (Å²) in [6.45, 7) is 4.22. The van der Waals surface area contributed by atoms with Gasteiger partial charge in [0, 0.05) is 25.8 Å². The van der Waals surface area contributed by atoms with Crippen LogP contribution in [0.15, 0.2) is 18.2 Å². The van der Waals surface area contributed by atoms with Crippen LogP contribution in [0.2, 0.25) is 0 Å². The zero-order chi connectivity index (χ0) is 12.4. The molecule has 0 saturated carbocycles. The number of hydrogen-bond donors (Lipinski definition) is 1. The van der Waals surface area contributed by atoms with Crippen molar-refractivity contribution in [2.24, 2.45) is 5.92 Å². The molecule has 0 fully saturated rings. The average molecular weight is 236 g/mol. The van der Waals surface area contributed by atoms with Crippen LogP contribution in [0.5, 0.6) is 0 Å². The Morgan fingerprint density at radius 1 is 1.53 bits per heavy atom. The lowest BCUT2D eigenvalue weighted by atomic mass is 10.1. The molecule has 2 rings (SSSR count). The molecule has 0 spiro atoms. The summed E-state index contributed by atoms with van der Waals surface area (Å²) in [5.74, 6) is 0.502. The third kappa shape index (κ3) is 2.47. The predicted molar refractivity (Wildman–Crippen MR) is 64.7 cm³/mol. The lowest BCUT2D eigenvalue weighted by Crippen LogP contribution is -2.30. The predicted octanol–water partition coefficient (Wildman–Crippen LogP) is 2.25. The molecule has 1 aliphatic heterocycles. The van der Waals surface area contributed by atoms with E-state index in [1.807, 2.05) is 4.90 Å². The van der Waals surface area contributed by atoms with Gasteiger partial charge in [0.15, 0.2) is 0 Å². The Labute approximate surface area is 101 Å². The highest BCUT2D eigenvalue weighted by Gasteiger charge is 2.25. The minimum absolute atomic E-state index is 0.278. The first-order chi connectivity index (χ1) is 8.11. The van der Waals surface area contributed by atoms with Crippen LogP contribution in [-0.2, 0) is 11.3 Å². The molecule has 1 aromatic rings. The van der Waals surface area contributed by atoms with Crippen LogP contribution in [0.1, 0.15) is 18.1 Å². The first-order valence-corrected chi connectivity index (χ1v) is 5.73. The van der Waals surface area contributed by atoms with E-state index < -0.39 is 0 Å². The van der Waals surface area contributed by atoms with E-state index in [0.717, 1.165) is 17.7 Å². The van der Waals surface area contributed by atoms with Gasteiger partial charge in [-0.3, -0.25) is 5.41 Å². The third-order valence-corrected chi connectivity index (χ3v) is 2.99. The summed E-state index contributed by atoms with van der Waals surface area (Å²) in [5, 5.41) is 8.03. The van der Waals surface area contributed by atoms with E-state index in [9.17, 15) is 4.39 Å². The molecule has 1 N–H and O–H groups in total. The van der Waals surface area contributed by atoms with Crippen molar-refractivity contribution in [3.8, 4) is 0 Å². The maximum atomic E-state index is 13.1. The molecular formula is C13H17FN2O. The Morgan fingerprint density at radius 2 is 2.29 bits per heavy atom. The molecule has 0 aliphatic carbocycles. The fraction of sp³-hybridized carbons (Fsp3) is 0.462. The number of halogens is 1. The lowest BCUT2D eigenvalue weighted by Gasteiger charge is -2.21. The summed E-state index contributed by atoms with van der Waals surface area (Å²) in [7, 11) is 1.68. The van der Waals surface area contributed by atoms with Crippen molar-refractivity contribution in [3.05, 3.63) is 35.1 Å². The molecule has 92 valence electrons. The molecule has 0 bridgehead atoms. The van der Waals surface area contributed by atoms with E-state index in [1.54, 1.807) is 13.2 Å². The zero-order valence-corrected chi connectivity index (χ0v) is 10.2. The van der Waals surface area contributed by atoms with Gasteiger partial charge in [0.05, 0.1) is 6.61 Å². The van der Waals surface area contributed by atoms with Crippen molar-refractivity contribution < 1.29 is 9.13 Å². The molecule has 1 atom stereocenters. The molecule has 0 saturated heterocycles. The average Bonchev–Trinajstić information content (AvgIpc) is 2.57. The SMILES string of the molecule is COCC(C)CN1Cc2ccc(F)cc2C1=N. The van der Waals surface area contributed by atoms with Crippen LogP contribution in [0.3, 0.4) is 0 Å². The molecule has 0 radical (unpaired) electrons. The molecule has 1 aliphatic rings. The van der Waals surface area contributed by atoms with Crippen molar-refractivity contribution in [1.29, 1.82) is 5.41 Å². The van der Waals surface area contributed by atoms with E-state index in [1.165, 1.54) is 12.1 Å². The van der Waals surface area contributed by atoms with Gasteiger partial charge in [0.2, 0.25) is 0 Å². The maximum absolute atomic E-state index is 13.1. The van der Waals surface area contributed by atoms with Crippen LogP contribution < -0.4 is 0 Å². The topological polar surface area (TPSA) is 36.3 Å². The molecular weight excluding hydrogens is 219 g/mol. The summed E-state index contributed by atoms with van der Waals surface area (Å²) in [6.07, 6.45) is 0. The third-order valence-electron chi connectivity index (χ3n) is 2.99. The largest absolute Gasteiger partial charge is 0.384 e. The second kappa shape index (κ2) is 4.84. The summed E-state index contributed by atoms with van der Waals surface area (Å²) in [6, 6.07) is 4.66. The van der Waals surface area contributed by atoms with Crippen molar-refractivity contribution in [3.63, 3.8) is 0 Å². The number of fused-ring (bicyclic) bond motifs is 1. The van der Waals surface area contributed by atoms with Gasteiger partial charge in [-0.2, -0.15) is 0 Å². The highest BCUT2D eigenvalue weighted by Crippen LogP contribution is 2.24. The van der Waals surface area contributed by atoms with Crippen LogP contribution in [-0.4, -0.2) is 31.0 Å². The van der Waals surface area contributed by atoms with Crippen molar-refractivity contribution in [1.82, 2.24) is 4.90 Å². The monoisotopic (exact) mass is 236 g/mol. The van der Waals surface area contributed by atoms with E-state index >= 15 is 0 Å². The second-order valence-corrected chi connectivity index (χ2v) is 4.59. The number of nitrogens with one attached hydrogen (secondary N) is 1. The summed E-state index contributed by atoms with van der Waals surface area (Å²) in [5.41, 5.74) is 1.75. The van der Waals surface area contributed by atoms with Gasteiger partial charge in [-0.05, 0) is 23.6 Å². The smallest absolute Gasteiger partial charge is 0.128 e. The Hall–Kier alpha value is -1.42. The number of nitrogens with zero attached hydrogens (tertiary/aromatic N) is 1. The molecule has 0 amide bonds. The molecule has 1 aromatic carbocycles. The standard InChI is InChI=1S/C13H17FN2O/c1-9(8-17-2)6-16-7-10-3-4-11(14)5-12(10)13(16)15/h3-5,9,15H,6-8H2,1-2H3. The molecule has 1 unspecified atom stereocenters. The molecule has 0 aromatic heterocycles. The Morgan fingerprint density at radius 3 is 3.00 bits per heavy atom. The van der Waals surface area contributed by atoms with Crippen LogP contribution in [0, 0.1) is 17.1 Å². The normalized spacial score (nSPS) is 16.2. The second-order valence-electron chi connectivity index (χ2n) is 4.59. The van der Waals surface area contributed by atoms with Crippen LogP contribution in [0.4, 0.5) is 4.39 Å². The Balaban J connectivity index is 2.09. The number of amidine groups is 1. The number of rotatable bonds is 4. The van der Waals surface area contributed by atoms with Crippen LogP contribution >= 0.6 is 0 Å². The van der Waals surface area contributed by atoms with Gasteiger partial charge in [-0.1, -0.05) is 13.0 Å². The van der Waals surface area contributed by atoms with Gasteiger partial charge in [0.1, 0.15) is 11.7 Å². The van der Waals surface area contributed by atoms with Gasteiger partial charge >= 0.3 is 0 Å². The van der Waals surface area contributed by atoms with E-state index in [2.05, 4.69) is 6.92 Å². The number of benzene rings is 1. The minimum atomic E-state index is -0.278. The fourth-order valence-electron chi connectivity index (χ4n) is 2.23. The lowest BCUT2D eigenvalue weighted by molar-refractivity contribution is 0.146. The molecule has 4 heteroatoms. The summed E-state index contributed by atoms with van der Waals surface area (Å²) >= 11 is 0. The first-order valence-electron chi connectivity index (χ1n) is 5.73. The Kier molecular flexibility index (Phi) is 3.43. The summed E-state index contributed by atoms with van der Waals surface area (Å²) < 4.78 is 18.2. The highest BCUT2D eigenvalue weighted by atomic mass is 19.1. The first kappa shape index (κ1) is 12.0. The van der Waals surface area contributed by atoms with Gasteiger partial charge in [-0.15, -0.1) is 0 Å². The zero-order valence-electron chi connectivity index (χ0n) is 10.2. The molecule has 17 heavy (non-hydrogen) atoms. The number of methoxy groups -OCH3 is 1. The van der Waals surface area contributed by atoms with E-state index in [-0.39, 0.29) is 5.82 Å². The van der Waals surface area contributed by atoms with Gasteiger partial charge in [0.25, 0.3) is 0 Å². The highest BCUT2D eigenvalue weighted by molar-refractivity contribution is 6.00. The van der Waals surface area contributed by atoms with Crippen molar-refractivity contribution in [2.45, 2.75) is 13.5 Å². The van der Waals surface area contributed by atoms with Crippen LogP contribution in [0.25, 0.3) is 0 Å². The summed E-state index contributed by atoms with van der Waals surface area (Å²) in [4.78, 5) is 1.97. The minimum Gasteiger partial charge on any atom is -0.384 e. The maximum Gasteiger partial charge on any atom is 0.128 e. The number of ether oxygens (including phenoxy) is 1. The molecule has 3 nitrogen and oxygen atoms in total. The van der Waals surface area contributed by atoms with Gasteiger partial charge in [-0.25, -0.2) is 4.39 Å². The van der Waals surface area contributed by atoms with Gasteiger partial charge < -0.3 is 9.64 Å². The fourth-order valence-corrected chi connectivity index (χ4v) is 2.23. The Bertz CT molecular complexity index is 433. The van der Waals surface area contributed by atoms with E-state index in [0.29, 0.717) is 24.9 Å². The van der Waals surface area contributed by atoms with Crippen molar-refractivity contribution in [2.75, 3.05) is 20.3 Å². The number of hydrogen-bond acceptors (Lipinski definition) is 2.